The van der Waals surface area contributed by atoms with Gasteiger partial charge in [0.25, 0.3) is 6.43 Å². The average molecular weight is 274 g/mol. The van der Waals surface area contributed by atoms with Gasteiger partial charge in [-0.3, -0.25) is 0 Å². The molecule has 0 aliphatic heterocycles. The van der Waals surface area contributed by atoms with Gasteiger partial charge in [0.15, 0.2) is 11.5 Å². The van der Waals surface area contributed by atoms with Gasteiger partial charge in [0, 0.05) is 0 Å². The first-order valence-electron chi connectivity index (χ1n) is 6.45. The van der Waals surface area contributed by atoms with Crippen LogP contribution in [0.4, 0.5) is 8.78 Å². The largest absolute Gasteiger partial charge is 0.490 e. The number of benzene rings is 1. The molecule has 0 fully saturated rings. The molecule has 108 valence electrons. The maximum absolute atomic E-state index is 12.5. The highest BCUT2D eigenvalue weighted by atomic mass is 19.3. The van der Waals surface area contributed by atoms with E-state index in [1.165, 1.54) is 12.1 Å². The normalized spacial score (nSPS) is 12.5. The molecule has 1 aromatic carbocycles. The molecule has 19 heavy (non-hydrogen) atoms. The first-order chi connectivity index (χ1) is 9.10. The zero-order valence-electron chi connectivity index (χ0n) is 11.2. The van der Waals surface area contributed by atoms with E-state index in [9.17, 15) is 13.9 Å². The van der Waals surface area contributed by atoms with E-state index in [-0.39, 0.29) is 5.56 Å². The third kappa shape index (κ3) is 4.67. The van der Waals surface area contributed by atoms with E-state index in [1.807, 2.05) is 13.8 Å². The SMILES string of the molecule is CCCOc1ccc(C(O)C(F)F)cc1OCCC. The molecule has 0 saturated carbocycles. The van der Waals surface area contributed by atoms with E-state index >= 15 is 0 Å². The minimum Gasteiger partial charge on any atom is -0.490 e. The van der Waals surface area contributed by atoms with Gasteiger partial charge in [-0.05, 0) is 30.5 Å². The number of hydrogen-bond donors (Lipinski definition) is 1. The van der Waals surface area contributed by atoms with Crippen molar-refractivity contribution in [1.29, 1.82) is 0 Å². The summed E-state index contributed by atoms with van der Waals surface area (Å²) in [6.45, 7) is 4.92. The van der Waals surface area contributed by atoms with Crippen LogP contribution in [-0.2, 0) is 0 Å². The number of ether oxygens (including phenoxy) is 2. The van der Waals surface area contributed by atoms with Crippen molar-refractivity contribution in [3.63, 3.8) is 0 Å². The molecule has 0 bridgehead atoms. The summed E-state index contributed by atoms with van der Waals surface area (Å²) in [6.07, 6.45) is -2.98. The summed E-state index contributed by atoms with van der Waals surface area (Å²) in [6, 6.07) is 4.40. The Labute approximate surface area is 112 Å². The van der Waals surface area contributed by atoms with Crippen LogP contribution in [0.15, 0.2) is 18.2 Å². The van der Waals surface area contributed by atoms with Crippen molar-refractivity contribution < 1.29 is 23.4 Å². The fourth-order valence-corrected chi connectivity index (χ4v) is 1.51. The predicted octanol–water partition coefficient (Wildman–Crippen LogP) is 3.56. The van der Waals surface area contributed by atoms with Crippen molar-refractivity contribution in [1.82, 2.24) is 0 Å². The van der Waals surface area contributed by atoms with Crippen molar-refractivity contribution in [3.8, 4) is 11.5 Å². The van der Waals surface area contributed by atoms with Crippen molar-refractivity contribution in [2.75, 3.05) is 13.2 Å². The Morgan fingerprint density at radius 1 is 1.05 bits per heavy atom. The molecule has 0 aliphatic carbocycles. The lowest BCUT2D eigenvalue weighted by molar-refractivity contribution is -0.00592. The van der Waals surface area contributed by atoms with Gasteiger partial charge >= 0.3 is 0 Å². The average Bonchev–Trinajstić information content (AvgIpc) is 2.42. The smallest absolute Gasteiger partial charge is 0.268 e. The number of halogens is 2. The first-order valence-corrected chi connectivity index (χ1v) is 6.45. The number of hydrogen-bond acceptors (Lipinski definition) is 3. The molecule has 1 N–H and O–H groups in total. The third-order valence-corrected chi connectivity index (χ3v) is 2.47. The van der Waals surface area contributed by atoms with Crippen LogP contribution in [0.5, 0.6) is 11.5 Å². The zero-order valence-corrected chi connectivity index (χ0v) is 11.2. The van der Waals surface area contributed by atoms with Crippen molar-refractivity contribution in [2.45, 2.75) is 39.2 Å². The summed E-state index contributed by atoms with van der Waals surface area (Å²) in [5.74, 6) is 0.910. The standard InChI is InChI=1S/C14H20F2O3/c1-3-7-18-11-6-5-10(13(17)14(15)16)9-12(11)19-8-4-2/h5-6,9,13-14,17H,3-4,7-8H2,1-2H3. The predicted molar refractivity (Wildman–Crippen MR) is 69.0 cm³/mol. The summed E-state index contributed by atoms with van der Waals surface area (Å²) >= 11 is 0. The minimum absolute atomic E-state index is 0.130. The number of alkyl halides is 2. The van der Waals surface area contributed by atoms with Gasteiger partial charge in [-0.1, -0.05) is 19.9 Å². The van der Waals surface area contributed by atoms with E-state index in [4.69, 9.17) is 9.47 Å². The van der Waals surface area contributed by atoms with Crippen molar-refractivity contribution >= 4 is 0 Å². The summed E-state index contributed by atoms with van der Waals surface area (Å²) in [4.78, 5) is 0. The lowest BCUT2D eigenvalue weighted by Gasteiger charge is -2.15. The quantitative estimate of drug-likeness (QED) is 0.787. The monoisotopic (exact) mass is 274 g/mol. The van der Waals surface area contributed by atoms with Crippen LogP contribution < -0.4 is 9.47 Å². The van der Waals surface area contributed by atoms with Gasteiger partial charge in [0.1, 0.15) is 6.10 Å². The molecule has 0 aromatic heterocycles. The van der Waals surface area contributed by atoms with E-state index in [0.717, 1.165) is 12.8 Å². The highest BCUT2D eigenvalue weighted by Crippen LogP contribution is 2.32. The van der Waals surface area contributed by atoms with Gasteiger partial charge in [-0.15, -0.1) is 0 Å². The highest BCUT2D eigenvalue weighted by molar-refractivity contribution is 5.43. The van der Waals surface area contributed by atoms with Crippen LogP contribution in [0, 0.1) is 0 Å². The molecule has 0 saturated heterocycles. The van der Waals surface area contributed by atoms with Crippen LogP contribution in [0.1, 0.15) is 38.4 Å². The highest BCUT2D eigenvalue weighted by Gasteiger charge is 2.20. The molecular weight excluding hydrogens is 254 g/mol. The summed E-state index contributed by atoms with van der Waals surface area (Å²) in [7, 11) is 0. The van der Waals surface area contributed by atoms with E-state index in [2.05, 4.69) is 0 Å². The van der Waals surface area contributed by atoms with Crippen LogP contribution >= 0.6 is 0 Å². The second kappa shape index (κ2) is 7.94. The second-order valence-electron chi connectivity index (χ2n) is 4.18. The fraction of sp³-hybridized carbons (Fsp3) is 0.571. The second-order valence-corrected chi connectivity index (χ2v) is 4.18. The van der Waals surface area contributed by atoms with Gasteiger partial charge in [-0.2, -0.15) is 0 Å². The molecule has 0 aliphatic rings. The molecule has 5 heteroatoms. The zero-order chi connectivity index (χ0) is 14.3. The molecule has 0 radical (unpaired) electrons. The van der Waals surface area contributed by atoms with E-state index < -0.39 is 12.5 Å². The molecule has 1 atom stereocenters. The Kier molecular flexibility index (Phi) is 6.56. The molecule has 0 spiro atoms. The lowest BCUT2D eigenvalue weighted by atomic mass is 10.1. The minimum atomic E-state index is -2.82. The number of aliphatic hydroxyl groups is 1. The maximum Gasteiger partial charge on any atom is 0.268 e. The van der Waals surface area contributed by atoms with Crippen LogP contribution in [-0.4, -0.2) is 24.7 Å². The Morgan fingerprint density at radius 3 is 2.16 bits per heavy atom. The maximum atomic E-state index is 12.5. The van der Waals surface area contributed by atoms with Crippen molar-refractivity contribution in [3.05, 3.63) is 23.8 Å². The van der Waals surface area contributed by atoms with Gasteiger partial charge in [0.05, 0.1) is 13.2 Å². The van der Waals surface area contributed by atoms with Gasteiger partial charge in [0.2, 0.25) is 0 Å². The van der Waals surface area contributed by atoms with E-state index in [0.29, 0.717) is 24.7 Å². The Hall–Kier alpha value is -1.36. The fourth-order valence-electron chi connectivity index (χ4n) is 1.51. The van der Waals surface area contributed by atoms with Crippen LogP contribution in [0.25, 0.3) is 0 Å². The third-order valence-electron chi connectivity index (χ3n) is 2.47. The molecule has 0 amide bonds. The first kappa shape index (κ1) is 15.7. The molecule has 3 nitrogen and oxygen atoms in total. The molecule has 0 heterocycles. The van der Waals surface area contributed by atoms with Crippen molar-refractivity contribution in [2.24, 2.45) is 0 Å². The number of aliphatic hydroxyl groups excluding tert-OH is 1. The number of rotatable bonds is 8. The topological polar surface area (TPSA) is 38.7 Å². The lowest BCUT2D eigenvalue weighted by Crippen LogP contribution is -2.09. The van der Waals surface area contributed by atoms with Crippen LogP contribution in [0.2, 0.25) is 0 Å². The van der Waals surface area contributed by atoms with E-state index in [1.54, 1.807) is 6.07 Å². The molecular formula is C14H20F2O3. The Bertz CT molecular complexity index is 383. The molecule has 1 rings (SSSR count). The summed E-state index contributed by atoms with van der Waals surface area (Å²) in [5.41, 5.74) is 0.130. The summed E-state index contributed by atoms with van der Waals surface area (Å²) in [5, 5.41) is 9.37. The summed E-state index contributed by atoms with van der Waals surface area (Å²) < 4.78 is 35.9. The Morgan fingerprint density at radius 2 is 1.63 bits per heavy atom. The Balaban J connectivity index is 2.93. The van der Waals surface area contributed by atoms with Gasteiger partial charge < -0.3 is 14.6 Å². The molecule has 1 unspecified atom stereocenters. The van der Waals surface area contributed by atoms with Crippen LogP contribution in [0.3, 0.4) is 0 Å². The molecule has 1 aromatic rings. The van der Waals surface area contributed by atoms with Gasteiger partial charge in [-0.25, -0.2) is 8.78 Å².